The summed E-state index contributed by atoms with van der Waals surface area (Å²) in [7, 11) is 0. The number of aliphatic imine (C=N–C) groups is 1. The summed E-state index contributed by atoms with van der Waals surface area (Å²) in [5.41, 5.74) is 2.31. The van der Waals surface area contributed by atoms with E-state index in [0.29, 0.717) is 0 Å². The van der Waals surface area contributed by atoms with Crippen molar-refractivity contribution in [3.05, 3.63) is 77.7 Å². The molecule has 2 aromatic carbocycles. The molecule has 0 fully saturated rings. The van der Waals surface area contributed by atoms with Crippen molar-refractivity contribution in [1.82, 2.24) is 0 Å². The van der Waals surface area contributed by atoms with Crippen molar-refractivity contribution in [2.24, 2.45) is 4.99 Å². The van der Waals surface area contributed by atoms with Gasteiger partial charge in [-0.05, 0) is 17.0 Å². The van der Waals surface area contributed by atoms with E-state index in [9.17, 15) is 0 Å². The van der Waals surface area contributed by atoms with Crippen molar-refractivity contribution in [2.45, 2.75) is 11.8 Å². The summed E-state index contributed by atoms with van der Waals surface area (Å²) >= 11 is 0. The molecule has 5 rings (SSSR count). The first-order valence-electron chi connectivity index (χ1n) is 7.21. The van der Waals surface area contributed by atoms with Crippen LogP contribution in [0, 0.1) is 0 Å². The Kier molecular flexibility index (Phi) is 1.97. The van der Waals surface area contributed by atoms with E-state index < -0.39 is 0 Å². The van der Waals surface area contributed by atoms with Gasteiger partial charge in [-0.1, -0.05) is 48.6 Å². The number of allylic oxidation sites excluding steroid dienone is 4. The van der Waals surface area contributed by atoms with Gasteiger partial charge in [-0.3, -0.25) is 4.99 Å². The summed E-state index contributed by atoms with van der Waals surface area (Å²) in [5, 5.41) is 2.40. The van der Waals surface area contributed by atoms with Crippen LogP contribution in [0.3, 0.4) is 0 Å². The molecule has 0 aromatic heterocycles. The lowest BCUT2D eigenvalue weighted by atomic mass is 9.69. The molecular weight excluding hydrogens is 258 g/mol. The van der Waals surface area contributed by atoms with Crippen LogP contribution in [-0.2, 0) is 5.41 Å². The maximum Gasteiger partial charge on any atom is 0.139 e. The number of nitrogens with zero attached hydrogens (tertiary/aromatic N) is 1. The average molecular weight is 271 g/mol. The monoisotopic (exact) mass is 271 g/mol. The van der Waals surface area contributed by atoms with Crippen LogP contribution in [0.5, 0.6) is 5.75 Å². The second-order valence-electron chi connectivity index (χ2n) is 5.68. The van der Waals surface area contributed by atoms with Crippen LogP contribution >= 0.6 is 0 Å². The maximum absolute atomic E-state index is 6.29. The molecule has 0 N–H and O–H groups in total. The Bertz CT molecular complexity index is 901. The summed E-state index contributed by atoms with van der Waals surface area (Å²) in [6, 6.07) is 12.8. The third kappa shape index (κ3) is 1.25. The van der Waals surface area contributed by atoms with Crippen molar-refractivity contribution < 1.29 is 4.74 Å². The van der Waals surface area contributed by atoms with Gasteiger partial charge in [0.25, 0.3) is 0 Å². The van der Waals surface area contributed by atoms with Crippen LogP contribution < -0.4 is 4.74 Å². The van der Waals surface area contributed by atoms with E-state index >= 15 is 0 Å². The third-order valence-electron chi connectivity index (χ3n) is 4.70. The first-order chi connectivity index (χ1) is 10.4. The summed E-state index contributed by atoms with van der Waals surface area (Å²) in [4.78, 5) is 4.33. The number of rotatable bonds is 0. The van der Waals surface area contributed by atoms with E-state index in [-0.39, 0.29) is 5.41 Å². The van der Waals surface area contributed by atoms with Crippen molar-refractivity contribution >= 4 is 17.0 Å². The molecule has 21 heavy (non-hydrogen) atoms. The van der Waals surface area contributed by atoms with Gasteiger partial charge >= 0.3 is 0 Å². The van der Waals surface area contributed by atoms with Crippen LogP contribution in [0.1, 0.15) is 12.0 Å². The smallest absolute Gasteiger partial charge is 0.139 e. The minimum absolute atomic E-state index is 0.171. The summed E-state index contributed by atoms with van der Waals surface area (Å²) in [6.45, 7) is 0. The Hall–Kier alpha value is -2.61. The van der Waals surface area contributed by atoms with Crippen molar-refractivity contribution in [3.63, 3.8) is 0 Å². The molecule has 1 aliphatic carbocycles. The Morgan fingerprint density at radius 1 is 1.10 bits per heavy atom. The fraction of sp³-hybridized carbons (Fsp3) is 0.105. The fourth-order valence-corrected chi connectivity index (χ4v) is 3.68. The zero-order chi connectivity index (χ0) is 13.9. The van der Waals surface area contributed by atoms with Crippen LogP contribution in [0.4, 0.5) is 0 Å². The van der Waals surface area contributed by atoms with Gasteiger partial charge in [-0.15, -0.1) is 0 Å². The van der Waals surface area contributed by atoms with E-state index in [2.05, 4.69) is 53.5 Å². The molecule has 0 radical (unpaired) electrons. The van der Waals surface area contributed by atoms with Crippen molar-refractivity contribution in [3.8, 4) is 5.75 Å². The van der Waals surface area contributed by atoms with E-state index in [0.717, 1.165) is 17.9 Å². The number of hydrogen-bond donors (Lipinski definition) is 0. The van der Waals surface area contributed by atoms with Crippen molar-refractivity contribution in [2.75, 3.05) is 0 Å². The van der Waals surface area contributed by atoms with Crippen LogP contribution in [0.15, 0.2) is 77.2 Å². The molecule has 1 unspecified atom stereocenters. The number of hydrogen-bond acceptors (Lipinski definition) is 2. The van der Waals surface area contributed by atoms with Gasteiger partial charge in [0.2, 0.25) is 0 Å². The molecule has 100 valence electrons. The molecule has 2 nitrogen and oxygen atoms in total. The Labute approximate surface area is 122 Å². The molecule has 0 amide bonds. The first-order valence-corrected chi connectivity index (χ1v) is 7.21. The van der Waals surface area contributed by atoms with E-state index in [1.165, 1.54) is 21.9 Å². The molecule has 2 heterocycles. The fourth-order valence-electron chi connectivity index (χ4n) is 3.68. The molecule has 1 atom stereocenters. The van der Waals surface area contributed by atoms with Gasteiger partial charge in [-0.25, -0.2) is 0 Å². The van der Waals surface area contributed by atoms with Gasteiger partial charge in [0.05, 0.1) is 5.41 Å². The Morgan fingerprint density at radius 2 is 2.05 bits per heavy atom. The minimum Gasteiger partial charge on any atom is -0.459 e. The van der Waals surface area contributed by atoms with Gasteiger partial charge < -0.3 is 4.74 Å². The molecule has 0 bridgehead atoms. The topological polar surface area (TPSA) is 21.6 Å². The minimum atomic E-state index is -0.171. The molecule has 1 spiro atoms. The quantitative estimate of drug-likeness (QED) is 0.700. The normalized spacial score (nSPS) is 24.8. The van der Waals surface area contributed by atoms with E-state index in [1.54, 1.807) is 0 Å². The standard InChI is InChI=1S/C19H13NO/c1-2-6-15-13(4-1)8-9-16-18(15)21-17-7-3-5-14-12-20-11-10-19(14,16)17/h1-9,11-12H,10H2. The number of ether oxygens (including phenoxy) is 1. The highest BCUT2D eigenvalue weighted by Gasteiger charge is 2.49. The lowest BCUT2D eigenvalue weighted by Crippen LogP contribution is -2.31. The SMILES string of the molecule is C1=CC2=CN=CCC23C(=C1)Oc1c3ccc2ccccc12. The van der Waals surface area contributed by atoms with E-state index in [4.69, 9.17) is 4.74 Å². The highest BCUT2D eigenvalue weighted by atomic mass is 16.5. The largest absolute Gasteiger partial charge is 0.459 e. The summed E-state index contributed by atoms with van der Waals surface area (Å²) < 4.78 is 6.29. The summed E-state index contributed by atoms with van der Waals surface area (Å²) in [5.74, 6) is 2.03. The maximum atomic E-state index is 6.29. The highest BCUT2D eigenvalue weighted by molar-refractivity contribution is 5.92. The van der Waals surface area contributed by atoms with Gasteiger partial charge in [-0.2, -0.15) is 0 Å². The lowest BCUT2D eigenvalue weighted by molar-refractivity contribution is 0.396. The number of benzene rings is 2. The molecule has 2 aromatic rings. The second-order valence-corrected chi connectivity index (χ2v) is 5.68. The second kappa shape index (κ2) is 3.73. The van der Waals surface area contributed by atoms with Crippen LogP contribution in [0.2, 0.25) is 0 Å². The predicted molar refractivity (Wildman–Crippen MR) is 84.7 cm³/mol. The zero-order valence-corrected chi connectivity index (χ0v) is 11.4. The van der Waals surface area contributed by atoms with Crippen molar-refractivity contribution in [1.29, 1.82) is 0 Å². The molecule has 2 aliphatic heterocycles. The predicted octanol–water partition coefficient (Wildman–Crippen LogP) is 4.28. The third-order valence-corrected chi connectivity index (χ3v) is 4.70. The zero-order valence-electron chi connectivity index (χ0n) is 11.4. The molecule has 0 saturated carbocycles. The van der Waals surface area contributed by atoms with Gasteiger partial charge in [0.1, 0.15) is 11.5 Å². The molecule has 2 heteroatoms. The Morgan fingerprint density at radius 3 is 3.05 bits per heavy atom. The summed E-state index contributed by atoms with van der Waals surface area (Å²) in [6.07, 6.45) is 11.1. The molecule has 3 aliphatic rings. The van der Waals surface area contributed by atoms with Gasteiger partial charge in [0, 0.05) is 29.8 Å². The first kappa shape index (κ1) is 11.1. The number of fused-ring (bicyclic) bond motifs is 3. The van der Waals surface area contributed by atoms with Crippen LogP contribution in [0.25, 0.3) is 10.8 Å². The highest BCUT2D eigenvalue weighted by Crippen LogP contribution is 2.56. The van der Waals surface area contributed by atoms with Crippen LogP contribution in [-0.4, -0.2) is 6.21 Å². The Balaban J connectivity index is 1.88. The molecule has 0 saturated heterocycles. The van der Waals surface area contributed by atoms with E-state index in [1.807, 2.05) is 18.5 Å². The molecular formula is C19H13NO. The van der Waals surface area contributed by atoms with Gasteiger partial charge in [0.15, 0.2) is 0 Å². The lowest BCUT2D eigenvalue weighted by Gasteiger charge is -2.32. The average Bonchev–Trinajstić information content (AvgIpc) is 2.88.